The van der Waals surface area contributed by atoms with Crippen molar-refractivity contribution in [1.82, 2.24) is 4.72 Å². The molecule has 1 aromatic carbocycles. The largest absolute Gasteiger partial charge is 0.478 e. The van der Waals surface area contributed by atoms with Crippen molar-refractivity contribution in [2.24, 2.45) is 11.8 Å². The second-order valence-electron chi connectivity index (χ2n) is 4.78. The fourth-order valence-corrected chi connectivity index (χ4v) is 3.90. The van der Waals surface area contributed by atoms with Gasteiger partial charge in [-0.3, -0.25) is 0 Å². The molecular formula is C12H14BrNO4S. The number of halogens is 1. The summed E-state index contributed by atoms with van der Waals surface area (Å²) in [6.07, 6.45) is 1.03. The average molecular weight is 348 g/mol. The third-order valence-corrected chi connectivity index (χ3v) is 5.70. The first-order chi connectivity index (χ1) is 8.81. The highest BCUT2D eigenvalue weighted by Gasteiger charge is 2.33. The Labute approximate surface area is 120 Å². The van der Waals surface area contributed by atoms with Crippen molar-refractivity contribution < 1.29 is 18.3 Å². The van der Waals surface area contributed by atoms with Crippen LogP contribution in [0, 0.1) is 11.8 Å². The van der Waals surface area contributed by atoms with E-state index in [1.165, 1.54) is 12.1 Å². The van der Waals surface area contributed by atoms with E-state index < -0.39 is 16.0 Å². The number of hydrogen-bond acceptors (Lipinski definition) is 3. The summed E-state index contributed by atoms with van der Waals surface area (Å²) in [5.74, 6) is -0.215. The Morgan fingerprint density at radius 1 is 1.53 bits per heavy atom. The summed E-state index contributed by atoms with van der Waals surface area (Å²) < 4.78 is 27.1. The molecule has 0 aliphatic heterocycles. The first-order valence-electron chi connectivity index (χ1n) is 5.84. The predicted octanol–water partition coefficient (Wildman–Crippen LogP) is 2.08. The van der Waals surface area contributed by atoms with Crippen molar-refractivity contribution >= 4 is 31.9 Å². The molecule has 0 spiro atoms. The summed E-state index contributed by atoms with van der Waals surface area (Å²) in [4.78, 5) is 10.8. The van der Waals surface area contributed by atoms with Crippen molar-refractivity contribution in [1.29, 1.82) is 0 Å². The SMILES string of the molecule is CC1CC1CNS(=O)(=O)c1cc(C(=O)O)ccc1Br. The fourth-order valence-electron chi connectivity index (χ4n) is 1.82. The molecule has 0 aromatic heterocycles. The lowest BCUT2D eigenvalue weighted by Crippen LogP contribution is -2.26. The van der Waals surface area contributed by atoms with E-state index in [2.05, 4.69) is 27.6 Å². The fraction of sp³-hybridized carbons (Fsp3) is 0.417. The first kappa shape index (κ1) is 14.5. The number of sulfonamides is 1. The van der Waals surface area contributed by atoms with Gasteiger partial charge in [0.05, 0.1) is 10.5 Å². The topological polar surface area (TPSA) is 83.5 Å². The molecule has 19 heavy (non-hydrogen) atoms. The molecule has 1 aromatic rings. The van der Waals surface area contributed by atoms with Gasteiger partial charge in [0.2, 0.25) is 10.0 Å². The third-order valence-electron chi connectivity index (χ3n) is 3.28. The van der Waals surface area contributed by atoms with Crippen molar-refractivity contribution in [2.45, 2.75) is 18.2 Å². The molecule has 0 saturated heterocycles. The summed E-state index contributed by atoms with van der Waals surface area (Å²) in [5, 5.41) is 8.90. The van der Waals surface area contributed by atoms with Crippen LogP contribution in [0.5, 0.6) is 0 Å². The van der Waals surface area contributed by atoms with Gasteiger partial charge in [-0.15, -0.1) is 0 Å². The van der Waals surface area contributed by atoms with Gasteiger partial charge in [0, 0.05) is 11.0 Å². The molecule has 0 heterocycles. The van der Waals surface area contributed by atoms with Gasteiger partial charge in [-0.1, -0.05) is 6.92 Å². The number of nitrogens with one attached hydrogen (secondary N) is 1. The zero-order chi connectivity index (χ0) is 14.2. The first-order valence-corrected chi connectivity index (χ1v) is 8.11. The average Bonchev–Trinajstić information content (AvgIpc) is 3.03. The van der Waals surface area contributed by atoms with E-state index in [4.69, 9.17) is 5.11 Å². The summed E-state index contributed by atoms with van der Waals surface area (Å²) >= 11 is 3.14. The maximum Gasteiger partial charge on any atom is 0.335 e. The number of aromatic carboxylic acids is 1. The molecule has 0 amide bonds. The van der Waals surface area contributed by atoms with Crippen LogP contribution in [0.15, 0.2) is 27.6 Å². The number of hydrogen-bond donors (Lipinski definition) is 2. The highest BCUT2D eigenvalue weighted by molar-refractivity contribution is 9.10. The summed E-state index contributed by atoms with van der Waals surface area (Å²) in [6, 6.07) is 3.94. The highest BCUT2D eigenvalue weighted by Crippen LogP contribution is 2.37. The Hall–Kier alpha value is -0.920. The minimum atomic E-state index is -3.69. The lowest BCUT2D eigenvalue weighted by molar-refractivity contribution is 0.0696. The zero-order valence-corrected chi connectivity index (χ0v) is 12.7. The smallest absolute Gasteiger partial charge is 0.335 e. The van der Waals surface area contributed by atoms with E-state index in [1.54, 1.807) is 0 Å². The standard InChI is InChI=1S/C12H14BrNO4S/c1-7-4-9(7)6-14-19(17,18)11-5-8(12(15)16)2-3-10(11)13/h2-3,5,7,9,14H,4,6H2,1H3,(H,15,16). The van der Waals surface area contributed by atoms with Gasteiger partial charge < -0.3 is 5.11 Å². The second kappa shape index (κ2) is 5.22. The summed E-state index contributed by atoms with van der Waals surface area (Å²) in [6.45, 7) is 2.47. The molecular weight excluding hydrogens is 334 g/mol. The molecule has 2 atom stereocenters. The maximum atomic E-state index is 12.1. The highest BCUT2D eigenvalue weighted by atomic mass is 79.9. The van der Waals surface area contributed by atoms with Crippen LogP contribution in [0.4, 0.5) is 0 Å². The van der Waals surface area contributed by atoms with Crippen LogP contribution >= 0.6 is 15.9 Å². The van der Waals surface area contributed by atoms with E-state index in [0.717, 1.165) is 12.5 Å². The van der Waals surface area contributed by atoms with Crippen LogP contribution in [0.3, 0.4) is 0 Å². The van der Waals surface area contributed by atoms with Crippen LogP contribution in [-0.2, 0) is 10.0 Å². The molecule has 1 aliphatic carbocycles. The van der Waals surface area contributed by atoms with Crippen molar-refractivity contribution in [2.75, 3.05) is 6.54 Å². The van der Waals surface area contributed by atoms with Gasteiger partial charge in [0.1, 0.15) is 0 Å². The van der Waals surface area contributed by atoms with E-state index in [9.17, 15) is 13.2 Å². The van der Waals surface area contributed by atoms with Crippen LogP contribution in [0.25, 0.3) is 0 Å². The maximum absolute atomic E-state index is 12.1. The Bertz CT molecular complexity index is 614. The molecule has 1 aliphatic rings. The zero-order valence-electron chi connectivity index (χ0n) is 10.3. The summed E-state index contributed by atoms with van der Waals surface area (Å²) in [7, 11) is -3.69. The Morgan fingerprint density at radius 3 is 2.68 bits per heavy atom. The van der Waals surface area contributed by atoms with Gasteiger partial charge in [-0.2, -0.15) is 0 Å². The van der Waals surface area contributed by atoms with Gasteiger partial charge in [-0.05, 0) is 52.4 Å². The number of benzene rings is 1. The minimum Gasteiger partial charge on any atom is -0.478 e. The quantitative estimate of drug-likeness (QED) is 0.853. The van der Waals surface area contributed by atoms with Crippen molar-refractivity contribution in [3.63, 3.8) is 0 Å². The molecule has 2 unspecified atom stereocenters. The van der Waals surface area contributed by atoms with E-state index in [0.29, 0.717) is 22.9 Å². The molecule has 5 nitrogen and oxygen atoms in total. The van der Waals surface area contributed by atoms with Crippen molar-refractivity contribution in [3.05, 3.63) is 28.2 Å². The number of rotatable bonds is 5. The second-order valence-corrected chi connectivity index (χ2v) is 7.37. The van der Waals surface area contributed by atoms with Gasteiger partial charge >= 0.3 is 5.97 Å². The predicted molar refractivity (Wildman–Crippen MR) is 73.6 cm³/mol. The van der Waals surface area contributed by atoms with Crippen molar-refractivity contribution in [3.8, 4) is 0 Å². The molecule has 2 N–H and O–H groups in total. The lowest BCUT2D eigenvalue weighted by Gasteiger charge is -2.09. The van der Waals surface area contributed by atoms with Crippen LogP contribution in [0.1, 0.15) is 23.7 Å². The van der Waals surface area contributed by atoms with E-state index in [1.807, 2.05) is 0 Å². The van der Waals surface area contributed by atoms with Gasteiger partial charge in [0.25, 0.3) is 0 Å². The molecule has 1 fully saturated rings. The Balaban J connectivity index is 2.23. The van der Waals surface area contributed by atoms with Crippen LogP contribution < -0.4 is 4.72 Å². The van der Waals surface area contributed by atoms with Crippen LogP contribution in [-0.4, -0.2) is 26.0 Å². The Morgan fingerprint density at radius 2 is 2.16 bits per heavy atom. The number of carboxylic acid groups (broad SMARTS) is 1. The van der Waals surface area contributed by atoms with E-state index in [-0.39, 0.29) is 10.5 Å². The van der Waals surface area contributed by atoms with Gasteiger partial charge in [0.15, 0.2) is 0 Å². The minimum absolute atomic E-state index is 0.0410. The molecule has 104 valence electrons. The molecule has 2 rings (SSSR count). The monoisotopic (exact) mass is 347 g/mol. The van der Waals surface area contributed by atoms with Crippen LogP contribution in [0.2, 0.25) is 0 Å². The third kappa shape index (κ3) is 3.34. The normalized spacial score (nSPS) is 22.2. The Kier molecular flexibility index (Phi) is 3.98. The number of carbonyl (C=O) groups is 1. The van der Waals surface area contributed by atoms with E-state index >= 15 is 0 Å². The molecule has 1 saturated carbocycles. The number of carboxylic acids is 1. The molecule has 0 bridgehead atoms. The lowest BCUT2D eigenvalue weighted by atomic mass is 10.2. The molecule has 0 radical (unpaired) electrons. The van der Waals surface area contributed by atoms with Gasteiger partial charge in [-0.25, -0.2) is 17.9 Å². The molecule has 7 heteroatoms. The summed E-state index contributed by atoms with van der Waals surface area (Å²) in [5.41, 5.74) is -0.0524.